The highest BCUT2D eigenvalue weighted by Gasteiger charge is 2.06. The van der Waals surface area contributed by atoms with Gasteiger partial charge < -0.3 is 16.0 Å². The van der Waals surface area contributed by atoms with Gasteiger partial charge in [-0.2, -0.15) is 11.8 Å². The molecule has 7 nitrogen and oxygen atoms in total. The van der Waals surface area contributed by atoms with Crippen molar-refractivity contribution in [2.24, 2.45) is 0 Å². The maximum atomic E-state index is 11.6. The third-order valence-corrected chi connectivity index (χ3v) is 4.03. The lowest BCUT2D eigenvalue weighted by molar-refractivity contribution is -0.122. The topological polar surface area (TPSA) is 104 Å². The highest BCUT2D eigenvalue weighted by Crippen LogP contribution is 2.09. The number of nitrogens with one attached hydrogen (secondary N) is 3. The first-order chi connectivity index (χ1) is 11.3. The van der Waals surface area contributed by atoms with Gasteiger partial charge in [-0.05, 0) is 12.2 Å². The average Bonchev–Trinajstić information content (AvgIpc) is 2.46. The summed E-state index contributed by atoms with van der Waals surface area (Å²) in [7, 11) is 0. The largest absolute Gasteiger partial charge is 0.356 e. The second-order valence-electron chi connectivity index (χ2n) is 5.67. The van der Waals surface area contributed by atoms with E-state index in [1.807, 2.05) is 0 Å². The zero-order valence-electron chi connectivity index (χ0n) is 14.8. The van der Waals surface area contributed by atoms with Crippen molar-refractivity contribution in [1.29, 1.82) is 0 Å². The Morgan fingerprint density at radius 1 is 0.750 bits per heavy atom. The molecule has 0 heterocycles. The minimum absolute atomic E-state index is 0.0217. The molecule has 0 atom stereocenters. The summed E-state index contributed by atoms with van der Waals surface area (Å²) in [5.41, 5.74) is 0. The molecule has 3 N–H and O–H groups in total. The van der Waals surface area contributed by atoms with Gasteiger partial charge in [0.25, 0.3) is 0 Å². The normalized spacial score (nSPS) is 10.3. The lowest BCUT2D eigenvalue weighted by atomic mass is 10.3. The summed E-state index contributed by atoms with van der Waals surface area (Å²) in [6.45, 7) is 6.48. The summed E-state index contributed by atoms with van der Waals surface area (Å²) in [6.07, 6.45) is 1.12. The minimum atomic E-state index is -0.205. The molecule has 0 aliphatic rings. The van der Waals surface area contributed by atoms with Gasteiger partial charge in [0.05, 0.1) is 0 Å². The van der Waals surface area contributed by atoms with Gasteiger partial charge in [0, 0.05) is 51.1 Å². The van der Waals surface area contributed by atoms with Gasteiger partial charge in [-0.25, -0.2) is 0 Å². The molecule has 0 bridgehead atoms. The molecule has 0 saturated carbocycles. The fraction of sp³-hybridized carbons (Fsp3) is 0.750. The van der Waals surface area contributed by atoms with Crippen LogP contribution >= 0.6 is 11.8 Å². The summed E-state index contributed by atoms with van der Waals surface area (Å²) in [4.78, 5) is 45.2. The predicted octanol–water partition coefficient (Wildman–Crippen LogP) is 0.626. The van der Waals surface area contributed by atoms with E-state index in [0.29, 0.717) is 31.2 Å². The molecule has 0 rings (SSSR count). The zero-order chi connectivity index (χ0) is 18.4. The van der Waals surface area contributed by atoms with E-state index < -0.39 is 0 Å². The molecule has 138 valence electrons. The van der Waals surface area contributed by atoms with Crippen LogP contribution in [0, 0.1) is 0 Å². The smallest absolute Gasteiger partial charge is 0.221 e. The summed E-state index contributed by atoms with van der Waals surface area (Å²) in [6, 6.07) is 0. The SMILES string of the molecule is CC(=O)CCNC(=O)CCNC(=O)CCNC(=O)CCSC(C)C. The standard InChI is InChI=1S/C16H29N3O4S/c1-12(2)24-11-7-16(23)19-10-6-15(22)18-9-5-14(21)17-8-4-13(3)20/h12H,4-11H2,1-3H3,(H,17,21)(H,18,22)(H,19,23). The van der Waals surface area contributed by atoms with Crippen LogP contribution in [0.5, 0.6) is 0 Å². The van der Waals surface area contributed by atoms with Crippen molar-refractivity contribution in [3.63, 3.8) is 0 Å². The van der Waals surface area contributed by atoms with E-state index in [1.54, 1.807) is 11.8 Å². The molecule has 0 aromatic heterocycles. The van der Waals surface area contributed by atoms with E-state index in [-0.39, 0.29) is 42.9 Å². The van der Waals surface area contributed by atoms with Crippen LogP contribution in [0.15, 0.2) is 0 Å². The second-order valence-corrected chi connectivity index (χ2v) is 7.36. The number of amides is 3. The maximum Gasteiger partial charge on any atom is 0.221 e. The molecule has 0 aromatic rings. The van der Waals surface area contributed by atoms with Crippen LogP contribution in [-0.2, 0) is 19.2 Å². The number of carbonyl (C=O) groups excluding carboxylic acids is 4. The van der Waals surface area contributed by atoms with Crippen molar-refractivity contribution in [3.05, 3.63) is 0 Å². The van der Waals surface area contributed by atoms with E-state index in [4.69, 9.17) is 0 Å². The molecule has 0 aliphatic heterocycles. The molecule has 0 unspecified atom stereocenters. The molecule has 3 amide bonds. The number of hydrogen-bond acceptors (Lipinski definition) is 5. The molecule has 0 aromatic carbocycles. The van der Waals surface area contributed by atoms with E-state index in [9.17, 15) is 19.2 Å². The van der Waals surface area contributed by atoms with Gasteiger partial charge in [0.15, 0.2) is 0 Å². The Morgan fingerprint density at radius 2 is 1.17 bits per heavy atom. The van der Waals surface area contributed by atoms with Crippen LogP contribution in [0.1, 0.15) is 46.5 Å². The van der Waals surface area contributed by atoms with E-state index in [0.717, 1.165) is 5.75 Å². The van der Waals surface area contributed by atoms with Gasteiger partial charge in [0.2, 0.25) is 17.7 Å². The summed E-state index contributed by atoms with van der Waals surface area (Å²) in [5, 5.41) is 8.43. The Balaban J connectivity index is 3.57. The number of carbonyl (C=O) groups is 4. The number of ketones is 1. The van der Waals surface area contributed by atoms with Crippen LogP contribution < -0.4 is 16.0 Å². The molecule has 0 aliphatic carbocycles. The molecule has 0 fully saturated rings. The third kappa shape index (κ3) is 15.3. The lowest BCUT2D eigenvalue weighted by Crippen LogP contribution is -2.34. The third-order valence-electron chi connectivity index (χ3n) is 2.93. The molecular formula is C16H29N3O4S. The van der Waals surface area contributed by atoms with E-state index in [1.165, 1.54) is 6.92 Å². The summed E-state index contributed by atoms with van der Waals surface area (Å²) >= 11 is 1.72. The number of hydrogen-bond donors (Lipinski definition) is 3. The molecule has 24 heavy (non-hydrogen) atoms. The Bertz CT molecular complexity index is 428. The molecular weight excluding hydrogens is 330 g/mol. The first-order valence-electron chi connectivity index (χ1n) is 8.22. The number of Topliss-reactive ketones (excluding diaryl/α,β-unsaturated/α-hetero) is 1. The monoisotopic (exact) mass is 359 g/mol. The fourth-order valence-electron chi connectivity index (χ4n) is 1.66. The van der Waals surface area contributed by atoms with Crippen molar-refractivity contribution >= 4 is 35.3 Å². The molecule has 0 saturated heterocycles. The van der Waals surface area contributed by atoms with Crippen molar-refractivity contribution < 1.29 is 19.2 Å². The van der Waals surface area contributed by atoms with Crippen LogP contribution in [0.25, 0.3) is 0 Å². The molecule has 0 radical (unpaired) electrons. The number of rotatable bonds is 13. The summed E-state index contributed by atoms with van der Waals surface area (Å²) in [5.74, 6) is 0.333. The fourth-order valence-corrected chi connectivity index (χ4v) is 2.44. The van der Waals surface area contributed by atoms with Crippen LogP contribution in [0.3, 0.4) is 0 Å². The van der Waals surface area contributed by atoms with Crippen LogP contribution in [0.4, 0.5) is 0 Å². The Morgan fingerprint density at radius 3 is 1.58 bits per heavy atom. The van der Waals surface area contributed by atoms with Gasteiger partial charge in [0.1, 0.15) is 5.78 Å². The minimum Gasteiger partial charge on any atom is -0.356 e. The van der Waals surface area contributed by atoms with Crippen molar-refractivity contribution in [1.82, 2.24) is 16.0 Å². The Kier molecular flexibility index (Phi) is 12.9. The lowest BCUT2D eigenvalue weighted by Gasteiger charge is -2.08. The van der Waals surface area contributed by atoms with Gasteiger partial charge in [-0.15, -0.1) is 0 Å². The zero-order valence-corrected chi connectivity index (χ0v) is 15.6. The summed E-state index contributed by atoms with van der Waals surface area (Å²) < 4.78 is 0. The van der Waals surface area contributed by atoms with Gasteiger partial charge >= 0.3 is 0 Å². The second kappa shape index (κ2) is 13.8. The molecule has 0 spiro atoms. The predicted molar refractivity (Wildman–Crippen MR) is 95.8 cm³/mol. The first-order valence-corrected chi connectivity index (χ1v) is 9.27. The first kappa shape index (κ1) is 22.4. The molecule has 8 heteroatoms. The Hall–Kier alpha value is -1.57. The highest BCUT2D eigenvalue weighted by atomic mass is 32.2. The van der Waals surface area contributed by atoms with Crippen molar-refractivity contribution in [2.75, 3.05) is 25.4 Å². The highest BCUT2D eigenvalue weighted by molar-refractivity contribution is 7.99. The van der Waals surface area contributed by atoms with Crippen LogP contribution in [0.2, 0.25) is 0 Å². The Labute approximate surface area is 148 Å². The van der Waals surface area contributed by atoms with Gasteiger partial charge in [-0.3, -0.25) is 19.2 Å². The van der Waals surface area contributed by atoms with Crippen molar-refractivity contribution in [2.45, 2.75) is 51.7 Å². The van der Waals surface area contributed by atoms with Crippen LogP contribution in [-0.4, -0.2) is 54.1 Å². The van der Waals surface area contributed by atoms with E-state index in [2.05, 4.69) is 29.8 Å². The average molecular weight is 359 g/mol. The van der Waals surface area contributed by atoms with Crippen molar-refractivity contribution in [3.8, 4) is 0 Å². The van der Waals surface area contributed by atoms with Gasteiger partial charge in [-0.1, -0.05) is 13.8 Å². The maximum absolute atomic E-state index is 11.6. The quantitative estimate of drug-likeness (QED) is 0.447. The number of thioether (sulfide) groups is 1. The van der Waals surface area contributed by atoms with E-state index >= 15 is 0 Å².